The number of pyridine rings is 1. The monoisotopic (exact) mass is 274 g/mol. The number of ketones is 1. The first-order valence-electron chi connectivity index (χ1n) is 7.59. The number of hydrogen-bond donors (Lipinski definition) is 1. The second kappa shape index (κ2) is 5.94. The van der Waals surface area contributed by atoms with Crippen LogP contribution in [0.4, 0.5) is 5.82 Å². The van der Waals surface area contributed by atoms with Crippen molar-refractivity contribution in [3.63, 3.8) is 0 Å². The van der Waals surface area contributed by atoms with Gasteiger partial charge in [-0.3, -0.25) is 4.79 Å². The van der Waals surface area contributed by atoms with Gasteiger partial charge in [-0.2, -0.15) is 0 Å². The highest BCUT2D eigenvalue weighted by Crippen LogP contribution is 2.40. The number of nitrogen functional groups attached to an aromatic ring is 1. The number of carbonyl (C=O) groups is 1. The van der Waals surface area contributed by atoms with Crippen molar-refractivity contribution in [2.75, 3.05) is 5.73 Å². The molecule has 3 nitrogen and oxygen atoms in total. The first kappa shape index (κ1) is 15.0. The van der Waals surface area contributed by atoms with Gasteiger partial charge < -0.3 is 5.73 Å². The third-order valence-electron chi connectivity index (χ3n) is 4.63. The average Bonchev–Trinajstić information content (AvgIpc) is 2.38. The molecule has 3 heteroatoms. The van der Waals surface area contributed by atoms with E-state index in [0.29, 0.717) is 23.4 Å². The molecule has 0 spiro atoms. The standard InChI is InChI=1S/C17H26N2O/c1-17(2,3)14-6-4-13(5-7-14)15(20)10-12-8-9-19-16(18)11-12/h8-9,11,13-14H,4-7,10H2,1-3H3,(H2,18,19). The van der Waals surface area contributed by atoms with Gasteiger partial charge in [-0.25, -0.2) is 4.98 Å². The molecule has 0 saturated heterocycles. The number of nitrogens with zero attached hydrogens (tertiary/aromatic N) is 1. The summed E-state index contributed by atoms with van der Waals surface area (Å²) in [5, 5.41) is 0. The van der Waals surface area contributed by atoms with Gasteiger partial charge in [0, 0.05) is 18.5 Å². The van der Waals surface area contributed by atoms with Gasteiger partial charge in [0.05, 0.1) is 0 Å². The summed E-state index contributed by atoms with van der Waals surface area (Å²) in [4.78, 5) is 16.3. The van der Waals surface area contributed by atoms with Gasteiger partial charge in [-0.05, 0) is 54.7 Å². The summed E-state index contributed by atoms with van der Waals surface area (Å²) < 4.78 is 0. The minimum absolute atomic E-state index is 0.239. The largest absolute Gasteiger partial charge is 0.384 e. The highest BCUT2D eigenvalue weighted by atomic mass is 16.1. The van der Waals surface area contributed by atoms with E-state index < -0.39 is 0 Å². The van der Waals surface area contributed by atoms with Gasteiger partial charge in [0.1, 0.15) is 11.6 Å². The fourth-order valence-corrected chi connectivity index (χ4v) is 3.23. The van der Waals surface area contributed by atoms with Crippen LogP contribution in [0.15, 0.2) is 18.3 Å². The van der Waals surface area contributed by atoms with Crippen molar-refractivity contribution >= 4 is 11.6 Å². The van der Waals surface area contributed by atoms with Gasteiger partial charge in [-0.1, -0.05) is 20.8 Å². The van der Waals surface area contributed by atoms with Crippen LogP contribution in [-0.4, -0.2) is 10.8 Å². The average molecular weight is 274 g/mol. The van der Waals surface area contributed by atoms with Crippen LogP contribution in [-0.2, 0) is 11.2 Å². The maximum atomic E-state index is 12.4. The third kappa shape index (κ3) is 3.81. The number of carbonyl (C=O) groups excluding carboxylic acids is 1. The van der Waals surface area contributed by atoms with Crippen LogP contribution in [0.3, 0.4) is 0 Å². The van der Waals surface area contributed by atoms with Crippen molar-refractivity contribution in [3.8, 4) is 0 Å². The first-order valence-corrected chi connectivity index (χ1v) is 7.59. The molecule has 1 aliphatic carbocycles. The number of nitrogens with two attached hydrogens (primary N) is 1. The van der Waals surface area contributed by atoms with E-state index in [1.807, 2.05) is 6.07 Å². The van der Waals surface area contributed by atoms with E-state index in [4.69, 9.17) is 5.73 Å². The second-order valence-corrected chi connectivity index (χ2v) is 7.15. The number of Topliss-reactive ketones (excluding diaryl/α,β-unsaturated/α-hetero) is 1. The number of rotatable bonds is 3. The number of hydrogen-bond acceptors (Lipinski definition) is 3. The molecule has 1 aromatic rings. The highest BCUT2D eigenvalue weighted by molar-refractivity contribution is 5.83. The Morgan fingerprint density at radius 1 is 1.30 bits per heavy atom. The Morgan fingerprint density at radius 3 is 2.50 bits per heavy atom. The highest BCUT2D eigenvalue weighted by Gasteiger charge is 2.32. The van der Waals surface area contributed by atoms with Gasteiger partial charge in [0.25, 0.3) is 0 Å². The zero-order valence-electron chi connectivity index (χ0n) is 12.9. The summed E-state index contributed by atoms with van der Waals surface area (Å²) in [7, 11) is 0. The van der Waals surface area contributed by atoms with E-state index in [9.17, 15) is 4.79 Å². The molecule has 2 rings (SSSR count). The van der Waals surface area contributed by atoms with Crippen LogP contribution >= 0.6 is 0 Å². The molecule has 0 aliphatic heterocycles. The van der Waals surface area contributed by atoms with Crippen LogP contribution in [0.2, 0.25) is 0 Å². The first-order chi connectivity index (χ1) is 9.36. The SMILES string of the molecule is CC(C)(C)C1CCC(C(=O)Cc2ccnc(N)c2)CC1. The molecule has 2 N–H and O–H groups in total. The maximum Gasteiger partial charge on any atom is 0.140 e. The quantitative estimate of drug-likeness (QED) is 0.915. The summed E-state index contributed by atoms with van der Waals surface area (Å²) in [6, 6.07) is 3.69. The van der Waals surface area contributed by atoms with E-state index in [-0.39, 0.29) is 5.92 Å². The lowest BCUT2D eigenvalue weighted by atomic mass is 9.69. The summed E-state index contributed by atoms with van der Waals surface area (Å²) in [5.74, 6) is 1.85. The van der Waals surface area contributed by atoms with Crippen LogP contribution in [0.1, 0.15) is 52.0 Å². The summed E-state index contributed by atoms with van der Waals surface area (Å²) >= 11 is 0. The molecule has 0 aromatic carbocycles. The van der Waals surface area contributed by atoms with E-state index >= 15 is 0 Å². The van der Waals surface area contributed by atoms with Crippen LogP contribution in [0.5, 0.6) is 0 Å². The molecule has 1 heterocycles. The summed E-state index contributed by atoms with van der Waals surface area (Å²) in [6.07, 6.45) is 6.62. The Bertz CT molecular complexity index is 468. The zero-order chi connectivity index (χ0) is 14.8. The van der Waals surface area contributed by atoms with Crippen LogP contribution in [0, 0.1) is 17.3 Å². The summed E-state index contributed by atoms with van der Waals surface area (Å²) in [5.41, 5.74) is 7.01. The molecule has 0 amide bonds. The molecule has 0 unspecified atom stereocenters. The Hall–Kier alpha value is -1.38. The van der Waals surface area contributed by atoms with E-state index in [1.54, 1.807) is 12.3 Å². The zero-order valence-corrected chi connectivity index (χ0v) is 12.9. The van der Waals surface area contributed by atoms with E-state index in [2.05, 4.69) is 25.8 Å². The molecule has 20 heavy (non-hydrogen) atoms. The van der Waals surface area contributed by atoms with Gasteiger partial charge >= 0.3 is 0 Å². The lowest BCUT2D eigenvalue weighted by Gasteiger charge is -2.36. The van der Waals surface area contributed by atoms with Crippen molar-refractivity contribution < 1.29 is 4.79 Å². The molecular formula is C17H26N2O. The molecule has 0 bridgehead atoms. The molecule has 1 fully saturated rings. The lowest BCUT2D eigenvalue weighted by Crippen LogP contribution is -2.29. The lowest BCUT2D eigenvalue weighted by molar-refractivity contribution is -0.123. The van der Waals surface area contributed by atoms with Gasteiger partial charge in [0.15, 0.2) is 0 Å². The minimum Gasteiger partial charge on any atom is -0.384 e. The number of aromatic nitrogens is 1. The minimum atomic E-state index is 0.239. The molecular weight excluding hydrogens is 248 g/mol. The summed E-state index contributed by atoms with van der Waals surface area (Å²) in [6.45, 7) is 6.92. The molecule has 1 aliphatic rings. The molecule has 0 radical (unpaired) electrons. The smallest absolute Gasteiger partial charge is 0.140 e. The molecule has 110 valence electrons. The van der Waals surface area contributed by atoms with Crippen molar-refractivity contribution in [1.82, 2.24) is 4.98 Å². The Morgan fingerprint density at radius 2 is 1.95 bits per heavy atom. The second-order valence-electron chi connectivity index (χ2n) is 7.15. The van der Waals surface area contributed by atoms with Crippen LogP contribution in [0.25, 0.3) is 0 Å². The van der Waals surface area contributed by atoms with Crippen molar-refractivity contribution in [3.05, 3.63) is 23.9 Å². The van der Waals surface area contributed by atoms with E-state index in [0.717, 1.165) is 24.3 Å². The normalized spacial score (nSPS) is 23.6. The predicted octanol–water partition coefficient (Wildman–Crippen LogP) is 3.63. The van der Waals surface area contributed by atoms with Gasteiger partial charge in [-0.15, -0.1) is 0 Å². The fraction of sp³-hybridized carbons (Fsp3) is 0.647. The Balaban J connectivity index is 1.89. The Labute approximate surface area is 122 Å². The molecule has 1 saturated carbocycles. The number of anilines is 1. The Kier molecular flexibility index (Phi) is 4.46. The maximum absolute atomic E-state index is 12.4. The molecule has 0 atom stereocenters. The topological polar surface area (TPSA) is 56.0 Å². The van der Waals surface area contributed by atoms with E-state index in [1.165, 1.54) is 12.8 Å². The molecule has 1 aromatic heterocycles. The van der Waals surface area contributed by atoms with Gasteiger partial charge in [0.2, 0.25) is 0 Å². The van der Waals surface area contributed by atoms with Crippen molar-refractivity contribution in [2.45, 2.75) is 52.9 Å². The van der Waals surface area contributed by atoms with Crippen molar-refractivity contribution in [2.24, 2.45) is 17.3 Å². The van der Waals surface area contributed by atoms with Crippen molar-refractivity contribution in [1.29, 1.82) is 0 Å². The third-order valence-corrected chi connectivity index (χ3v) is 4.63. The fourth-order valence-electron chi connectivity index (χ4n) is 3.23. The van der Waals surface area contributed by atoms with Crippen LogP contribution < -0.4 is 5.73 Å². The predicted molar refractivity (Wildman–Crippen MR) is 82.3 cm³/mol.